The van der Waals surface area contributed by atoms with Gasteiger partial charge in [-0.05, 0) is 39.8 Å². The van der Waals surface area contributed by atoms with Crippen LogP contribution in [0.4, 0.5) is 0 Å². The normalized spacial score (nSPS) is 21.2. The van der Waals surface area contributed by atoms with E-state index in [2.05, 4.69) is 11.8 Å². The molecule has 0 saturated carbocycles. The van der Waals surface area contributed by atoms with E-state index in [4.69, 9.17) is 5.11 Å². The Labute approximate surface area is 114 Å². The van der Waals surface area contributed by atoms with Gasteiger partial charge in [0.05, 0.1) is 0 Å². The molecule has 1 rings (SSSR count). The number of carbonyl (C=O) groups is 2. The molecule has 1 saturated heterocycles. The fourth-order valence-corrected chi connectivity index (χ4v) is 2.52. The van der Waals surface area contributed by atoms with E-state index in [1.165, 1.54) is 13.3 Å². The zero-order valence-electron chi connectivity index (χ0n) is 12.3. The molecule has 1 amide bonds. The SMILES string of the molecule is CCN1CCCC1CN(C)C(=O)C(C)=C(C)C(=O)O. The van der Waals surface area contributed by atoms with Gasteiger partial charge in [0, 0.05) is 30.8 Å². The Kier molecular flexibility index (Phi) is 5.54. The maximum Gasteiger partial charge on any atom is 0.331 e. The lowest BCUT2D eigenvalue weighted by atomic mass is 10.1. The van der Waals surface area contributed by atoms with Gasteiger partial charge in [0.1, 0.15) is 0 Å². The molecule has 0 spiro atoms. The molecule has 0 bridgehead atoms. The molecule has 1 atom stereocenters. The molecule has 1 heterocycles. The zero-order valence-corrected chi connectivity index (χ0v) is 12.3. The van der Waals surface area contributed by atoms with Gasteiger partial charge < -0.3 is 10.0 Å². The molecule has 1 aliphatic heterocycles. The van der Waals surface area contributed by atoms with Crippen molar-refractivity contribution < 1.29 is 14.7 Å². The van der Waals surface area contributed by atoms with Crippen molar-refractivity contribution in [2.24, 2.45) is 0 Å². The third-order valence-corrected chi connectivity index (χ3v) is 3.94. The van der Waals surface area contributed by atoms with Crippen molar-refractivity contribution >= 4 is 11.9 Å². The smallest absolute Gasteiger partial charge is 0.331 e. The van der Waals surface area contributed by atoms with Crippen LogP contribution in [0.15, 0.2) is 11.1 Å². The van der Waals surface area contributed by atoms with Crippen molar-refractivity contribution in [3.8, 4) is 0 Å². The Balaban J connectivity index is 2.68. The highest BCUT2D eigenvalue weighted by molar-refractivity contribution is 6.01. The molecule has 1 fully saturated rings. The van der Waals surface area contributed by atoms with Crippen LogP contribution in [0.1, 0.15) is 33.6 Å². The molecule has 0 radical (unpaired) electrons. The molecular formula is C14H24N2O3. The van der Waals surface area contributed by atoms with Crippen LogP contribution in [0.5, 0.6) is 0 Å². The maximum atomic E-state index is 12.2. The molecule has 5 nitrogen and oxygen atoms in total. The van der Waals surface area contributed by atoms with Crippen LogP contribution in [0.2, 0.25) is 0 Å². The third kappa shape index (κ3) is 3.80. The van der Waals surface area contributed by atoms with Gasteiger partial charge in [0.25, 0.3) is 0 Å². The number of likely N-dealkylation sites (tertiary alicyclic amines) is 1. The van der Waals surface area contributed by atoms with E-state index in [1.54, 1.807) is 18.9 Å². The standard InChI is InChI=1S/C14H24N2O3/c1-5-16-8-6-7-12(16)9-15(4)13(17)10(2)11(3)14(18)19/h12H,5-9H2,1-4H3,(H,18,19). The molecule has 1 aliphatic rings. The topological polar surface area (TPSA) is 60.9 Å². The van der Waals surface area contributed by atoms with Crippen molar-refractivity contribution in [2.45, 2.75) is 39.7 Å². The highest BCUT2D eigenvalue weighted by atomic mass is 16.4. The molecule has 19 heavy (non-hydrogen) atoms. The van der Waals surface area contributed by atoms with Gasteiger partial charge in [-0.1, -0.05) is 6.92 Å². The number of carboxylic acid groups (broad SMARTS) is 1. The highest BCUT2D eigenvalue weighted by Gasteiger charge is 2.26. The van der Waals surface area contributed by atoms with E-state index in [0.717, 1.165) is 19.5 Å². The summed E-state index contributed by atoms with van der Waals surface area (Å²) in [6.45, 7) is 7.92. The monoisotopic (exact) mass is 268 g/mol. The lowest BCUT2D eigenvalue weighted by Gasteiger charge is -2.28. The molecule has 0 aromatic heterocycles. The van der Waals surface area contributed by atoms with E-state index in [9.17, 15) is 9.59 Å². The van der Waals surface area contributed by atoms with Crippen molar-refractivity contribution in [1.29, 1.82) is 0 Å². The van der Waals surface area contributed by atoms with Crippen molar-refractivity contribution in [3.05, 3.63) is 11.1 Å². The predicted octanol–water partition coefficient (Wildman–Crippen LogP) is 1.35. The first-order valence-electron chi connectivity index (χ1n) is 6.78. The Hall–Kier alpha value is -1.36. The Morgan fingerprint density at radius 1 is 1.32 bits per heavy atom. The molecular weight excluding hydrogens is 244 g/mol. The molecule has 1 N–H and O–H groups in total. The van der Waals surface area contributed by atoms with Crippen LogP contribution in [0.25, 0.3) is 0 Å². The van der Waals surface area contributed by atoms with Crippen molar-refractivity contribution in [3.63, 3.8) is 0 Å². The molecule has 0 aliphatic carbocycles. The number of aliphatic carboxylic acids is 1. The first-order valence-corrected chi connectivity index (χ1v) is 6.78. The van der Waals surface area contributed by atoms with Gasteiger partial charge in [0.15, 0.2) is 0 Å². The molecule has 0 aromatic rings. The van der Waals surface area contributed by atoms with Crippen LogP contribution >= 0.6 is 0 Å². The molecule has 5 heteroatoms. The maximum absolute atomic E-state index is 12.2. The summed E-state index contributed by atoms with van der Waals surface area (Å²) in [5.74, 6) is -1.22. The summed E-state index contributed by atoms with van der Waals surface area (Å²) in [4.78, 5) is 27.0. The summed E-state index contributed by atoms with van der Waals surface area (Å²) in [6.07, 6.45) is 2.27. The Bertz CT molecular complexity index is 390. The second-order valence-corrected chi connectivity index (χ2v) is 5.17. The summed E-state index contributed by atoms with van der Waals surface area (Å²) < 4.78 is 0. The number of carboxylic acids is 1. The number of likely N-dealkylation sites (N-methyl/N-ethyl adjacent to an activating group) is 2. The fraction of sp³-hybridized carbons (Fsp3) is 0.714. The molecule has 1 unspecified atom stereocenters. The fourth-order valence-electron chi connectivity index (χ4n) is 2.52. The number of hydrogen-bond acceptors (Lipinski definition) is 3. The lowest BCUT2D eigenvalue weighted by Crippen LogP contribution is -2.41. The number of carbonyl (C=O) groups excluding carboxylic acids is 1. The minimum Gasteiger partial charge on any atom is -0.478 e. The number of amides is 1. The third-order valence-electron chi connectivity index (χ3n) is 3.94. The summed E-state index contributed by atoms with van der Waals surface area (Å²) in [6, 6.07) is 0.400. The van der Waals surface area contributed by atoms with Gasteiger partial charge in [-0.3, -0.25) is 9.69 Å². The Morgan fingerprint density at radius 3 is 2.47 bits per heavy atom. The second-order valence-electron chi connectivity index (χ2n) is 5.17. The van der Waals surface area contributed by atoms with Gasteiger partial charge in [-0.15, -0.1) is 0 Å². The van der Waals surface area contributed by atoms with Gasteiger partial charge >= 0.3 is 5.97 Å². The Morgan fingerprint density at radius 2 is 1.95 bits per heavy atom. The summed E-state index contributed by atoms with van der Waals surface area (Å²) in [5, 5.41) is 8.91. The van der Waals surface area contributed by atoms with Crippen LogP contribution in [0, 0.1) is 0 Å². The van der Waals surface area contributed by atoms with Crippen LogP contribution < -0.4 is 0 Å². The van der Waals surface area contributed by atoms with Crippen LogP contribution in [-0.4, -0.2) is 59.5 Å². The van der Waals surface area contributed by atoms with Crippen molar-refractivity contribution in [2.75, 3.05) is 26.7 Å². The van der Waals surface area contributed by atoms with E-state index in [0.29, 0.717) is 18.2 Å². The average molecular weight is 268 g/mol. The van der Waals surface area contributed by atoms with Crippen LogP contribution in [-0.2, 0) is 9.59 Å². The van der Waals surface area contributed by atoms with Crippen LogP contribution in [0.3, 0.4) is 0 Å². The number of hydrogen-bond donors (Lipinski definition) is 1. The molecule has 108 valence electrons. The van der Waals surface area contributed by atoms with Gasteiger partial charge in [-0.25, -0.2) is 4.79 Å². The second kappa shape index (κ2) is 6.70. The first-order chi connectivity index (χ1) is 8.88. The van der Waals surface area contributed by atoms with E-state index in [1.807, 2.05) is 0 Å². The van der Waals surface area contributed by atoms with E-state index < -0.39 is 5.97 Å². The van der Waals surface area contributed by atoms with E-state index >= 15 is 0 Å². The highest BCUT2D eigenvalue weighted by Crippen LogP contribution is 2.18. The average Bonchev–Trinajstić information content (AvgIpc) is 2.82. The molecule has 0 aromatic carbocycles. The minimum absolute atomic E-state index is 0.121. The lowest BCUT2D eigenvalue weighted by molar-refractivity contribution is -0.133. The van der Waals surface area contributed by atoms with E-state index in [-0.39, 0.29) is 11.5 Å². The largest absolute Gasteiger partial charge is 0.478 e. The summed E-state index contributed by atoms with van der Waals surface area (Å²) in [5.41, 5.74) is 0.437. The number of rotatable bonds is 5. The minimum atomic E-state index is -1.03. The van der Waals surface area contributed by atoms with Crippen molar-refractivity contribution in [1.82, 2.24) is 9.80 Å². The van der Waals surface area contributed by atoms with Gasteiger partial charge in [-0.2, -0.15) is 0 Å². The first kappa shape index (κ1) is 15.7. The quantitative estimate of drug-likeness (QED) is 0.765. The zero-order chi connectivity index (χ0) is 14.6. The predicted molar refractivity (Wildman–Crippen MR) is 73.9 cm³/mol. The summed E-state index contributed by atoms with van der Waals surface area (Å²) in [7, 11) is 1.74. The number of nitrogens with zero attached hydrogens (tertiary/aromatic N) is 2. The summed E-state index contributed by atoms with van der Waals surface area (Å²) >= 11 is 0. The van der Waals surface area contributed by atoms with Gasteiger partial charge in [0.2, 0.25) is 5.91 Å².